The Labute approximate surface area is 162 Å². The molecule has 0 spiro atoms. The van der Waals surface area contributed by atoms with Crippen LogP contribution < -0.4 is 9.47 Å². The maximum atomic E-state index is 12.3. The SMILES string of the molecule is COc1ccc(CCO[C@H]2C(=O)CCN2C2CCCCC2)cc1OC.Cl. The Balaban J connectivity index is 0.00000243. The lowest BCUT2D eigenvalue weighted by Gasteiger charge is -2.34. The standard InChI is InChI=1S/C20H29NO4.ClH/c1-23-18-9-8-15(14-19(18)24-2)11-13-25-20-17(22)10-12-21(20)16-6-4-3-5-7-16;/h8-9,14,16,20H,3-7,10-13H2,1-2H3;1H/t20-;/m0./s1. The van der Waals surface area contributed by atoms with Gasteiger partial charge < -0.3 is 14.2 Å². The summed E-state index contributed by atoms with van der Waals surface area (Å²) in [5.41, 5.74) is 1.12. The normalized spacial score (nSPS) is 21.5. The lowest BCUT2D eigenvalue weighted by atomic mass is 9.94. The van der Waals surface area contributed by atoms with Crippen LogP contribution in [0.25, 0.3) is 0 Å². The summed E-state index contributed by atoms with van der Waals surface area (Å²) in [6.45, 7) is 1.39. The van der Waals surface area contributed by atoms with E-state index in [0.29, 0.717) is 19.1 Å². The predicted molar refractivity (Wildman–Crippen MR) is 103 cm³/mol. The van der Waals surface area contributed by atoms with E-state index < -0.39 is 0 Å². The monoisotopic (exact) mass is 383 g/mol. The number of carbonyl (C=O) groups excluding carboxylic acids is 1. The van der Waals surface area contributed by atoms with Crippen LogP contribution in [0.5, 0.6) is 11.5 Å². The lowest BCUT2D eigenvalue weighted by molar-refractivity contribution is -0.137. The van der Waals surface area contributed by atoms with E-state index >= 15 is 0 Å². The van der Waals surface area contributed by atoms with E-state index in [1.165, 1.54) is 32.1 Å². The van der Waals surface area contributed by atoms with Crippen molar-refractivity contribution in [2.75, 3.05) is 27.4 Å². The van der Waals surface area contributed by atoms with Crippen LogP contribution in [-0.2, 0) is 16.0 Å². The molecule has 6 heteroatoms. The fraction of sp³-hybridized carbons (Fsp3) is 0.650. The molecular formula is C20H30ClNO4. The molecule has 2 aliphatic rings. The molecule has 2 fully saturated rings. The molecule has 26 heavy (non-hydrogen) atoms. The number of rotatable bonds is 7. The third-order valence-corrected chi connectivity index (χ3v) is 5.35. The molecule has 1 saturated carbocycles. The van der Waals surface area contributed by atoms with Crippen LogP contribution in [0.15, 0.2) is 18.2 Å². The Bertz CT molecular complexity index is 589. The van der Waals surface area contributed by atoms with Crippen LogP contribution in [0.3, 0.4) is 0 Å². The van der Waals surface area contributed by atoms with Gasteiger partial charge in [0.1, 0.15) is 0 Å². The van der Waals surface area contributed by atoms with Crippen LogP contribution in [0, 0.1) is 0 Å². The van der Waals surface area contributed by atoms with Gasteiger partial charge in [-0.1, -0.05) is 25.3 Å². The van der Waals surface area contributed by atoms with Crippen LogP contribution in [0.2, 0.25) is 0 Å². The van der Waals surface area contributed by atoms with Gasteiger partial charge in [-0.15, -0.1) is 12.4 Å². The quantitative estimate of drug-likeness (QED) is 0.719. The number of ketones is 1. The highest BCUT2D eigenvalue weighted by Gasteiger charge is 2.37. The van der Waals surface area contributed by atoms with E-state index in [1.54, 1.807) is 14.2 Å². The molecular weight excluding hydrogens is 354 g/mol. The molecule has 0 bridgehead atoms. The number of hydrogen-bond donors (Lipinski definition) is 0. The van der Waals surface area contributed by atoms with Crippen molar-refractivity contribution in [3.63, 3.8) is 0 Å². The van der Waals surface area contributed by atoms with E-state index in [4.69, 9.17) is 14.2 Å². The molecule has 146 valence electrons. The first kappa shape index (κ1) is 21.0. The molecule has 0 unspecified atom stereocenters. The Kier molecular flexibility index (Phi) is 8.19. The van der Waals surface area contributed by atoms with E-state index in [2.05, 4.69) is 4.90 Å². The van der Waals surface area contributed by atoms with Gasteiger partial charge in [-0.25, -0.2) is 0 Å². The number of nitrogens with zero attached hydrogens (tertiary/aromatic N) is 1. The van der Waals surface area contributed by atoms with Crippen molar-refractivity contribution >= 4 is 18.2 Å². The minimum Gasteiger partial charge on any atom is -0.493 e. The van der Waals surface area contributed by atoms with Crippen molar-refractivity contribution in [3.8, 4) is 11.5 Å². The van der Waals surface area contributed by atoms with E-state index in [0.717, 1.165) is 30.0 Å². The van der Waals surface area contributed by atoms with Gasteiger partial charge in [-0.2, -0.15) is 0 Å². The number of carbonyl (C=O) groups is 1. The minimum atomic E-state index is -0.344. The summed E-state index contributed by atoms with van der Waals surface area (Å²) in [6.07, 6.45) is 7.29. The molecule has 5 nitrogen and oxygen atoms in total. The van der Waals surface area contributed by atoms with Gasteiger partial charge in [0.05, 0.1) is 20.8 Å². The zero-order valence-electron chi connectivity index (χ0n) is 15.7. The molecule has 1 aromatic rings. The van der Waals surface area contributed by atoms with Crippen LogP contribution in [0.1, 0.15) is 44.1 Å². The number of ether oxygens (including phenoxy) is 3. The first-order valence-electron chi connectivity index (χ1n) is 9.34. The van der Waals surface area contributed by atoms with Crippen molar-refractivity contribution in [2.45, 2.75) is 57.2 Å². The maximum absolute atomic E-state index is 12.3. The van der Waals surface area contributed by atoms with Crippen molar-refractivity contribution < 1.29 is 19.0 Å². The van der Waals surface area contributed by atoms with Crippen molar-refractivity contribution in [1.82, 2.24) is 4.90 Å². The summed E-state index contributed by atoms with van der Waals surface area (Å²) < 4.78 is 16.6. The number of benzene rings is 1. The average Bonchev–Trinajstić information content (AvgIpc) is 3.03. The number of halogens is 1. The molecule has 3 rings (SSSR count). The fourth-order valence-electron chi connectivity index (χ4n) is 3.96. The number of hydrogen-bond acceptors (Lipinski definition) is 5. The highest BCUT2D eigenvalue weighted by Crippen LogP contribution is 2.29. The highest BCUT2D eigenvalue weighted by molar-refractivity contribution is 5.85. The number of methoxy groups -OCH3 is 2. The van der Waals surface area contributed by atoms with Gasteiger partial charge in [-0.3, -0.25) is 9.69 Å². The Morgan fingerprint density at radius 2 is 1.81 bits per heavy atom. The maximum Gasteiger partial charge on any atom is 0.177 e. The number of Topliss-reactive ketones (excluding diaryl/α,β-unsaturated/α-hetero) is 1. The van der Waals surface area contributed by atoms with Gasteiger partial charge in [-0.05, 0) is 37.0 Å². The third-order valence-electron chi connectivity index (χ3n) is 5.35. The molecule has 1 saturated heterocycles. The predicted octanol–water partition coefficient (Wildman–Crippen LogP) is 3.62. The van der Waals surface area contributed by atoms with Gasteiger partial charge in [0.25, 0.3) is 0 Å². The van der Waals surface area contributed by atoms with Crippen LogP contribution in [0.4, 0.5) is 0 Å². The van der Waals surface area contributed by atoms with Gasteiger partial charge in [0.15, 0.2) is 23.5 Å². The molecule has 1 aliphatic heterocycles. The second kappa shape index (κ2) is 10.1. The van der Waals surface area contributed by atoms with Crippen molar-refractivity contribution in [2.24, 2.45) is 0 Å². The lowest BCUT2D eigenvalue weighted by Crippen LogP contribution is -2.44. The molecule has 0 aromatic heterocycles. The summed E-state index contributed by atoms with van der Waals surface area (Å²) in [5, 5.41) is 0. The first-order valence-corrected chi connectivity index (χ1v) is 9.34. The molecule has 0 radical (unpaired) electrons. The molecule has 1 aromatic carbocycles. The second-order valence-electron chi connectivity index (χ2n) is 6.91. The van der Waals surface area contributed by atoms with Gasteiger partial charge in [0, 0.05) is 19.0 Å². The number of likely N-dealkylation sites (tertiary alicyclic amines) is 1. The summed E-state index contributed by atoms with van der Waals surface area (Å²) in [5.74, 6) is 1.68. The zero-order valence-corrected chi connectivity index (χ0v) is 16.6. The Morgan fingerprint density at radius 3 is 2.50 bits per heavy atom. The van der Waals surface area contributed by atoms with Gasteiger partial charge in [0.2, 0.25) is 0 Å². The summed E-state index contributed by atoms with van der Waals surface area (Å²) in [7, 11) is 3.27. The first-order chi connectivity index (χ1) is 12.2. The third kappa shape index (κ3) is 4.90. The average molecular weight is 384 g/mol. The molecule has 1 heterocycles. The van der Waals surface area contributed by atoms with E-state index in [1.807, 2.05) is 18.2 Å². The fourth-order valence-corrected chi connectivity index (χ4v) is 3.96. The highest BCUT2D eigenvalue weighted by atomic mass is 35.5. The Hall–Kier alpha value is -1.30. The summed E-state index contributed by atoms with van der Waals surface area (Å²) >= 11 is 0. The van der Waals surface area contributed by atoms with E-state index in [9.17, 15) is 4.79 Å². The zero-order chi connectivity index (χ0) is 17.6. The van der Waals surface area contributed by atoms with Crippen molar-refractivity contribution in [3.05, 3.63) is 23.8 Å². The Morgan fingerprint density at radius 1 is 1.08 bits per heavy atom. The van der Waals surface area contributed by atoms with Crippen LogP contribution >= 0.6 is 12.4 Å². The van der Waals surface area contributed by atoms with Crippen molar-refractivity contribution in [1.29, 1.82) is 0 Å². The van der Waals surface area contributed by atoms with Crippen LogP contribution in [-0.4, -0.2) is 50.3 Å². The molecule has 0 N–H and O–H groups in total. The molecule has 1 aliphatic carbocycles. The van der Waals surface area contributed by atoms with Gasteiger partial charge >= 0.3 is 0 Å². The molecule has 1 atom stereocenters. The topological polar surface area (TPSA) is 48.0 Å². The summed E-state index contributed by atoms with van der Waals surface area (Å²) in [6, 6.07) is 6.41. The summed E-state index contributed by atoms with van der Waals surface area (Å²) in [4.78, 5) is 14.6. The second-order valence-corrected chi connectivity index (χ2v) is 6.91. The van der Waals surface area contributed by atoms with E-state index in [-0.39, 0.29) is 24.4 Å². The largest absolute Gasteiger partial charge is 0.493 e. The molecule has 0 amide bonds. The smallest absolute Gasteiger partial charge is 0.177 e. The minimum absolute atomic E-state index is 0.